The number of rotatable bonds is 7. The summed E-state index contributed by atoms with van der Waals surface area (Å²) in [5.74, 6) is 1.73. The molecule has 1 nitrogen and oxygen atoms in total. The van der Waals surface area contributed by atoms with Crippen molar-refractivity contribution in [3.05, 3.63) is 30.3 Å². The van der Waals surface area contributed by atoms with Crippen molar-refractivity contribution in [3.63, 3.8) is 0 Å². The van der Waals surface area contributed by atoms with E-state index < -0.39 is 0 Å². The van der Waals surface area contributed by atoms with Crippen molar-refractivity contribution in [2.75, 3.05) is 6.61 Å². The normalized spacial score (nSPS) is 12.8. The summed E-state index contributed by atoms with van der Waals surface area (Å²) >= 11 is 3.71. The molecule has 0 amide bonds. The Morgan fingerprint density at radius 1 is 1.19 bits per heavy atom. The van der Waals surface area contributed by atoms with E-state index in [2.05, 4.69) is 29.8 Å². The quantitative estimate of drug-likeness (QED) is 0.523. The van der Waals surface area contributed by atoms with Gasteiger partial charge in [-0.25, -0.2) is 0 Å². The monoisotopic (exact) mass is 284 g/mol. The maximum atomic E-state index is 5.64. The highest BCUT2D eigenvalue weighted by Gasteiger charge is 2.06. The maximum Gasteiger partial charge on any atom is 0.119 e. The van der Waals surface area contributed by atoms with Gasteiger partial charge in [0.25, 0.3) is 0 Å². The van der Waals surface area contributed by atoms with Crippen molar-refractivity contribution in [2.24, 2.45) is 5.92 Å². The fourth-order valence-corrected chi connectivity index (χ4v) is 2.71. The summed E-state index contributed by atoms with van der Waals surface area (Å²) in [5, 5.41) is 0. The fourth-order valence-electron chi connectivity index (χ4n) is 1.64. The molecule has 0 spiro atoms. The van der Waals surface area contributed by atoms with Gasteiger partial charge in [0, 0.05) is 4.83 Å². The Kier molecular flexibility index (Phi) is 6.55. The average molecular weight is 285 g/mol. The predicted molar refractivity (Wildman–Crippen MR) is 73.3 cm³/mol. The van der Waals surface area contributed by atoms with Gasteiger partial charge in [-0.3, -0.25) is 0 Å². The number of alkyl halides is 1. The van der Waals surface area contributed by atoms with Gasteiger partial charge in [-0.15, -0.1) is 0 Å². The van der Waals surface area contributed by atoms with Crippen LogP contribution in [0.5, 0.6) is 5.75 Å². The average Bonchev–Trinajstić information content (AvgIpc) is 2.25. The predicted octanol–water partition coefficient (Wildman–Crippen LogP) is 4.66. The number of hydrogen-bond acceptors (Lipinski definition) is 1. The summed E-state index contributed by atoms with van der Waals surface area (Å²) in [7, 11) is 0. The van der Waals surface area contributed by atoms with Crippen LogP contribution in [0.1, 0.15) is 33.1 Å². The van der Waals surface area contributed by atoms with Crippen LogP contribution in [0.2, 0.25) is 0 Å². The number of hydrogen-bond donors (Lipinski definition) is 0. The first-order valence-electron chi connectivity index (χ1n) is 6.00. The first-order chi connectivity index (χ1) is 7.68. The molecule has 16 heavy (non-hydrogen) atoms. The van der Waals surface area contributed by atoms with Gasteiger partial charge in [-0.1, -0.05) is 48.0 Å². The molecule has 0 saturated carbocycles. The van der Waals surface area contributed by atoms with Crippen LogP contribution in [0.3, 0.4) is 0 Å². The van der Waals surface area contributed by atoms with E-state index in [0.29, 0.717) is 4.83 Å². The summed E-state index contributed by atoms with van der Waals surface area (Å²) < 4.78 is 5.64. The van der Waals surface area contributed by atoms with E-state index in [0.717, 1.165) is 24.7 Å². The molecule has 0 aliphatic heterocycles. The van der Waals surface area contributed by atoms with Crippen molar-refractivity contribution in [1.82, 2.24) is 0 Å². The van der Waals surface area contributed by atoms with Crippen molar-refractivity contribution in [1.29, 1.82) is 0 Å². The highest BCUT2D eigenvalue weighted by molar-refractivity contribution is 9.09. The maximum absolute atomic E-state index is 5.64. The highest BCUT2D eigenvalue weighted by Crippen LogP contribution is 2.18. The van der Waals surface area contributed by atoms with Gasteiger partial charge in [0.1, 0.15) is 5.75 Å². The SMILES string of the molecule is CC(C)CC(Br)CCCOc1ccccc1. The van der Waals surface area contributed by atoms with Gasteiger partial charge in [0.05, 0.1) is 6.61 Å². The number of benzene rings is 1. The molecule has 0 saturated heterocycles. The molecule has 2 heteroatoms. The van der Waals surface area contributed by atoms with E-state index in [1.165, 1.54) is 12.8 Å². The lowest BCUT2D eigenvalue weighted by Crippen LogP contribution is -2.06. The molecule has 1 aromatic carbocycles. The van der Waals surface area contributed by atoms with E-state index >= 15 is 0 Å². The van der Waals surface area contributed by atoms with Gasteiger partial charge >= 0.3 is 0 Å². The van der Waals surface area contributed by atoms with Crippen LogP contribution in [-0.4, -0.2) is 11.4 Å². The van der Waals surface area contributed by atoms with Crippen LogP contribution in [0.4, 0.5) is 0 Å². The van der Waals surface area contributed by atoms with Crippen molar-refractivity contribution < 1.29 is 4.74 Å². The highest BCUT2D eigenvalue weighted by atomic mass is 79.9. The van der Waals surface area contributed by atoms with Crippen LogP contribution >= 0.6 is 15.9 Å². The first-order valence-corrected chi connectivity index (χ1v) is 6.92. The van der Waals surface area contributed by atoms with E-state index in [4.69, 9.17) is 4.74 Å². The molecular weight excluding hydrogens is 264 g/mol. The molecule has 0 bridgehead atoms. The molecule has 1 rings (SSSR count). The summed E-state index contributed by atoms with van der Waals surface area (Å²) in [4.78, 5) is 0.631. The fraction of sp³-hybridized carbons (Fsp3) is 0.571. The molecule has 0 N–H and O–H groups in total. The van der Waals surface area contributed by atoms with Crippen molar-refractivity contribution in [3.8, 4) is 5.75 Å². The van der Waals surface area contributed by atoms with Gasteiger partial charge < -0.3 is 4.74 Å². The van der Waals surface area contributed by atoms with Crippen molar-refractivity contribution in [2.45, 2.75) is 37.9 Å². The molecule has 0 fully saturated rings. The number of ether oxygens (including phenoxy) is 1. The second-order valence-corrected chi connectivity index (χ2v) is 5.83. The third kappa shape index (κ3) is 6.16. The number of para-hydroxylation sites is 1. The minimum atomic E-state index is 0.631. The molecule has 1 aromatic rings. The first kappa shape index (κ1) is 13.6. The Morgan fingerprint density at radius 2 is 1.88 bits per heavy atom. The molecule has 1 unspecified atom stereocenters. The standard InChI is InChI=1S/C14H21BrO/c1-12(2)11-13(15)7-6-10-16-14-8-4-3-5-9-14/h3-5,8-9,12-13H,6-7,10-11H2,1-2H3. The summed E-state index contributed by atoms with van der Waals surface area (Å²) in [6.07, 6.45) is 3.54. The summed E-state index contributed by atoms with van der Waals surface area (Å²) in [5.41, 5.74) is 0. The van der Waals surface area contributed by atoms with E-state index in [9.17, 15) is 0 Å². The Bertz CT molecular complexity index is 271. The van der Waals surface area contributed by atoms with Crippen LogP contribution in [0.25, 0.3) is 0 Å². The van der Waals surface area contributed by atoms with Gasteiger partial charge in [0.2, 0.25) is 0 Å². The topological polar surface area (TPSA) is 9.23 Å². The van der Waals surface area contributed by atoms with Gasteiger partial charge in [-0.05, 0) is 37.3 Å². The Balaban J connectivity index is 2.08. The van der Waals surface area contributed by atoms with Gasteiger partial charge in [-0.2, -0.15) is 0 Å². The lowest BCUT2D eigenvalue weighted by molar-refractivity contribution is 0.304. The summed E-state index contributed by atoms with van der Waals surface area (Å²) in [6, 6.07) is 10.0. The molecule has 0 radical (unpaired) electrons. The molecular formula is C14H21BrO. The zero-order valence-electron chi connectivity index (χ0n) is 10.2. The van der Waals surface area contributed by atoms with Crippen LogP contribution < -0.4 is 4.74 Å². The Morgan fingerprint density at radius 3 is 2.50 bits per heavy atom. The second-order valence-electron chi connectivity index (χ2n) is 4.53. The molecule has 0 aliphatic carbocycles. The van der Waals surface area contributed by atoms with Crippen LogP contribution in [-0.2, 0) is 0 Å². The zero-order valence-corrected chi connectivity index (χ0v) is 11.7. The Hall–Kier alpha value is -0.500. The lowest BCUT2D eigenvalue weighted by Gasteiger charge is -2.12. The minimum absolute atomic E-state index is 0.631. The third-order valence-corrected chi connectivity index (χ3v) is 3.23. The Labute approximate surface area is 107 Å². The van der Waals surface area contributed by atoms with Crippen molar-refractivity contribution >= 4 is 15.9 Å². The number of halogens is 1. The smallest absolute Gasteiger partial charge is 0.119 e. The molecule has 0 heterocycles. The zero-order chi connectivity index (χ0) is 11.8. The van der Waals surface area contributed by atoms with E-state index in [1.807, 2.05) is 30.3 Å². The van der Waals surface area contributed by atoms with E-state index in [-0.39, 0.29) is 0 Å². The molecule has 90 valence electrons. The third-order valence-electron chi connectivity index (χ3n) is 2.40. The minimum Gasteiger partial charge on any atom is -0.494 e. The van der Waals surface area contributed by atoms with E-state index in [1.54, 1.807) is 0 Å². The molecule has 0 aliphatic rings. The molecule has 1 atom stereocenters. The summed E-state index contributed by atoms with van der Waals surface area (Å²) in [6.45, 7) is 5.33. The second kappa shape index (κ2) is 7.72. The van der Waals surface area contributed by atoms with Gasteiger partial charge in [0.15, 0.2) is 0 Å². The largest absolute Gasteiger partial charge is 0.494 e. The van der Waals surface area contributed by atoms with Crippen LogP contribution in [0, 0.1) is 5.92 Å². The molecule has 0 aromatic heterocycles. The van der Waals surface area contributed by atoms with Crippen LogP contribution in [0.15, 0.2) is 30.3 Å². The lowest BCUT2D eigenvalue weighted by atomic mass is 10.1.